The van der Waals surface area contributed by atoms with Crippen molar-refractivity contribution in [3.8, 4) is 0 Å². The molecule has 0 fully saturated rings. The van der Waals surface area contributed by atoms with Gasteiger partial charge in [-0.25, -0.2) is 5.43 Å². The zero-order chi connectivity index (χ0) is 21.0. The second kappa shape index (κ2) is 8.94. The molecule has 0 saturated carbocycles. The van der Waals surface area contributed by atoms with Gasteiger partial charge in [0.15, 0.2) is 0 Å². The highest BCUT2D eigenvalue weighted by Gasteiger charge is 2.12. The topological polar surface area (TPSA) is 83.7 Å². The summed E-state index contributed by atoms with van der Waals surface area (Å²) >= 11 is 11.9. The van der Waals surface area contributed by atoms with Gasteiger partial charge in [0.05, 0.1) is 28.1 Å². The van der Waals surface area contributed by atoms with Gasteiger partial charge in [0.25, 0.3) is 11.8 Å². The number of hydrogen-bond donors (Lipinski definition) is 2. The van der Waals surface area contributed by atoms with Gasteiger partial charge in [-0.3, -0.25) is 9.59 Å². The minimum atomic E-state index is -0.348. The van der Waals surface area contributed by atoms with Crippen LogP contribution in [-0.2, 0) is 0 Å². The van der Waals surface area contributed by atoms with E-state index in [4.69, 9.17) is 27.6 Å². The van der Waals surface area contributed by atoms with Crippen LogP contribution in [0.2, 0.25) is 10.0 Å². The predicted octanol–water partition coefficient (Wildman–Crippen LogP) is 5.30. The molecule has 0 bridgehead atoms. The van der Waals surface area contributed by atoms with Crippen molar-refractivity contribution >= 4 is 46.4 Å². The average molecular weight is 430 g/mol. The molecule has 2 amide bonds. The zero-order valence-electron chi connectivity index (χ0n) is 15.6. The summed E-state index contributed by atoms with van der Waals surface area (Å²) in [6, 6.07) is 13.3. The summed E-state index contributed by atoms with van der Waals surface area (Å²) < 4.78 is 5.11. The number of furan rings is 1. The van der Waals surface area contributed by atoms with E-state index in [9.17, 15) is 9.59 Å². The van der Waals surface area contributed by atoms with Crippen LogP contribution in [-0.4, -0.2) is 17.5 Å². The molecule has 6 nitrogen and oxygen atoms in total. The van der Waals surface area contributed by atoms with E-state index in [2.05, 4.69) is 15.8 Å². The number of amides is 2. The Morgan fingerprint density at radius 3 is 2.31 bits per heavy atom. The van der Waals surface area contributed by atoms with Crippen molar-refractivity contribution in [3.05, 3.63) is 87.3 Å². The molecular weight excluding hydrogens is 413 g/mol. The lowest BCUT2D eigenvalue weighted by Crippen LogP contribution is -2.19. The summed E-state index contributed by atoms with van der Waals surface area (Å²) in [6.45, 7) is 3.47. The van der Waals surface area contributed by atoms with E-state index in [1.54, 1.807) is 56.3 Å². The Balaban J connectivity index is 1.65. The summed E-state index contributed by atoms with van der Waals surface area (Å²) in [5, 5.41) is 7.62. The van der Waals surface area contributed by atoms with Gasteiger partial charge in [-0.15, -0.1) is 0 Å². The number of rotatable bonds is 5. The molecule has 2 N–H and O–H groups in total. The number of hydrazone groups is 1. The Kier molecular flexibility index (Phi) is 6.36. The lowest BCUT2D eigenvalue weighted by Gasteiger charge is -2.08. The summed E-state index contributed by atoms with van der Waals surface area (Å²) in [7, 11) is 0. The monoisotopic (exact) mass is 429 g/mol. The molecule has 3 aromatic rings. The van der Waals surface area contributed by atoms with E-state index < -0.39 is 0 Å². The molecule has 0 aliphatic heterocycles. The third-order valence-electron chi connectivity index (χ3n) is 4.16. The molecule has 0 saturated heterocycles. The van der Waals surface area contributed by atoms with Crippen LogP contribution in [0.4, 0.5) is 5.69 Å². The number of halogens is 2. The fraction of sp³-hybridized carbons (Fsp3) is 0.0952. The Labute approximate surface area is 177 Å². The largest absolute Gasteiger partial charge is 0.469 e. The number of benzene rings is 2. The Morgan fingerprint density at radius 1 is 0.966 bits per heavy atom. The molecule has 1 heterocycles. The van der Waals surface area contributed by atoms with Crippen LogP contribution in [0.25, 0.3) is 0 Å². The number of carbonyl (C=O) groups is 2. The van der Waals surface area contributed by atoms with Crippen molar-refractivity contribution in [3.63, 3.8) is 0 Å². The lowest BCUT2D eigenvalue weighted by atomic mass is 10.1. The number of hydrogen-bond acceptors (Lipinski definition) is 4. The fourth-order valence-corrected chi connectivity index (χ4v) is 3.04. The standard InChI is InChI=1S/C21H17Cl2N3O3/c1-12(25-26-21(28)17-9-10-29-13(17)2)14-3-6-16(7-4-14)24-20(27)18-8-5-15(22)11-19(18)23/h3-11H,1-2H3,(H,24,27)(H,26,28). The van der Waals surface area contributed by atoms with E-state index in [1.165, 1.54) is 12.3 Å². The maximum atomic E-state index is 12.4. The van der Waals surface area contributed by atoms with Crippen LogP contribution < -0.4 is 10.7 Å². The molecule has 0 aliphatic rings. The maximum absolute atomic E-state index is 12.4. The number of aryl methyl sites for hydroxylation is 1. The van der Waals surface area contributed by atoms with Gasteiger partial charge in [0.2, 0.25) is 0 Å². The quantitative estimate of drug-likeness (QED) is 0.426. The highest BCUT2D eigenvalue weighted by atomic mass is 35.5. The molecule has 0 aliphatic carbocycles. The molecule has 3 rings (SSSR count). The Morgan fingerprint density at radius 2 is 1.69 bits per heavy atom. The van der Waals surface area contributed by atoms with E-state index in [1.807, 2.05) is 0 Å². The Bertz CT molecular complexity index is 1090. The molecule has 0 radical (unpaired) electrons. The van der Waals surface area contributed by atoms with Crippen LogP contribution in [0.15, 0.2) is 64.3 Å². The Hall–Kier alpha value is -3.09. The lowest BCUT2D eigenvalue weighted by molar-refractivity contribution is 0.0952. The van der Waals surface area contributed by atoms with Gasteiger partial charge in [0, 0.05) is 10.7 Å². The number of anilines is 1. The first-order valence-corrected chi connectivity index (χ1v) is 9.36. The molecule has 148 valence electrons. The normalized spacial score (nSPS) is 11.2. The fourth-order valence-electron chi connectivity index (χ4n) is 2.55. The molecule has 2 aromatic carbocycles. The first-order chi connectivity index (χ1) is 13.8. The van der Waals surface area contributed by atoms with Gasteiger partial charge in [-0.1, -0.05) is 35.3 Å². The number of nitrogens with one attached hydrogen (secondary N) is 2. The maximum Gasteiger partial charge on any atom is 0.274 e. The minimum absolute atomic E-state index is 0.276. The van der Waals surface area contributed by atoms with Crippen LogP contribution in [0, 0.1) is 6.92 Å². The highest BCUT2D eigenvalue weighted by Crippen LogP contribution is 2.22. The molecule has 0 spiro atoms. The van der Waals surface area contributed by atoms with E-state index in [0.717, 1.165) is 5.56 Å². The average Bonchev–Trinajstić information content (AvgIpc) is 3.12. The molecular formula is C21H17Cl2N3O3. The second-order valence-electron chi connectivity index (χ2n) is 6.18. The minimum Gasteiger partial charge on any atom is -0.469 e. The summed E-state index contributed by atoms with van der Waals surface area (Å²) in [5.74, 6) is -0.164. The van der Waals surface area contributed by atoms with Crippen molar-refractivity contribution in [2.24, 2.45) is 5.10 Å². The summed E-state index contributed by atoms with van der Waals surface area (Å²) in [4.78, 5) is 24.4. The van der Waals surface area contributed by atoms with Crippen molar-refractivity contribution in [1.82, 2.24) is 5.43 Å². The highest BCUT2D eigenvalue weighted by molar-refractivity contribution is 6.37. The van der Waals surface area contributed by atoms with Crippen molar-refractivity contribution < 1.29 is 14.0 Å². The van der Waals surface area contributed by atoms with Crippen molar-refractivity contribution in [2.75, 3.05) is 5.32 Å². The smallest absolute Gasteiger partial charge is 0.274 e. The van der Waals surface area contributed by atoms with Gasteiger partial charge in [-0.05, 0) is 55.8 Å². The molecule has 0 unspecified atom stereocenters. The van der Waals surface area contributed by atoms with Gasteiger partial charge in [0.1, 0.15) is 5.76 Å². The molecule has 8 heteroatoms. The first-order valence-electron chi connectivity index (χ1n) is 8.60. The molecule has 0 atom stereocenters. The van der Waals surface area contributed by atoms with E-state index >= 15 is 0 Å². The van der Waals surface area contributed by atoms with Crippen LogP contribution in [0.3, 0.4) is 0 Å². The zero-order valence-corrected chi connectivity index (χ0v) is 17.1. The SMILES string of the molecule is CC(=NNC(=O)c1ccoc1C)c1ccc(NC(=O)c2ccc(Cl)cc2Cl)cc1. The van der Waals surface area contributed by atoms with Crippen LogP contribution in [0.1, 0.15) is 39.0 Å². The van der Waals surface area contributed by atoms with Crippen LogP contribution in [0.5, 0.6) is 0 Å². The summed E-state index contributed by atoms with van der Waals surface area (Å²) in [5.41, 5.74) is 5.25. The van der Waals surface area contributed by atoms with Crippen molar-refractivity contribution in [1.29, 1.82) is 0 Å². The summed E-state index contributed by atoms with van der Waals surface area (Å²) in [6.07, 6.45) is 1.45. The first kappa shape index (κ1) is 20.6. The third kappa shape index (κ3) is 5.04. The second-order valence-corrected chi connectivity index (χ2v) is 7.03. The van der Waals surface area contributed by atoms with Crippen molar-refractivity contribution in [2.45, 2.75) is 13.8 Å². The van der Waals surface area contributed by atoms with Gasteiger partial charge < -0.3 is 9.73 Å². The van der Waals surface area contributed by atoms with E-state index in [0.29, 0.717) is 33.3 Å². The van der Waals surface area contributed by atoms with Gasteiger partial charge >= 0.3 is 0 Å². The van der Waals surface area contributed by atoms with Crippen LogP contribution >= 0.6 is 23.2 Å². The number of carbonyl (C=O) groups excluding carboxylic acids is 2. The van der Waals surface area contributed by atoms with E-state index in [-0.39, 0.29) is 16.8 Å². The number of nitrogens with zero attached hydrogens (tertiary/aromatic N) is 1. The molecule has 29 heavy (non-hydrogen) atoms. The third-order valence-corrected chi connectivity index (χ3v) is 4.71. The van der Waals surface area contributed by atoms with Gasteiger partial charge in [-0.2, -0.15) is 5.10 Å². The predicted molar refractivity (Wildman–Crippen MR) is 114 cm³/mol. The molecule has 1 aromatic heterocycles.